The molecular weight excluding hydrogens is 446 g/mol. The van der Waals surface area contributed by atoms with Crippen LogP contribution in [0.4, 0.5) is 5.13 Å². The first-order chi connectivity index (χ1) is 16.7. The van der Waals surface area contributed by atoms with Crippen molar-refractivity contribution in [3.8, 4) is 16.9 Å². The van der Waals surface area contributed by atoms with Crippen LogP contribution in [0.5, 0.6) is 5.75 Å². The second kappa shape index (κ2) is 10.3. The molecule has 0 radical (unpaired) electrons. The van der Waals surface area contributed by atoms with Crippen LogP contribution in [0.15, 0.2) is 72.8 Å². The molecule has 0 aliphatic carbocycles. The van der Waals surface area contributed by atoms with Crippen LogP contribution < -0.4 is 9.64 Å². The lowest BCUT2D eigenvalue weighted by atomic mass is 10.0. The zero-order valence-corrected chi connectivity index (χ0v) is 20.0. The normalized spacial score (nSPS) is 14.3. The third-order valence-electron chi connectivity index (χ3n) is 6.04. The largest absolute Gasteiger partial charge is 0.497 e. The van der Waals surface area contributed by atoms with Gasteiger partial charge in [0.15, 0.2) is 5.13 Å². The van der Waals surface area contributed by atoms with Crippen molar-refractivity contribution in [2.24, 2.45) is 0 Å². The minimum atomic E-state index is -0.0427. The summed E-state index contributed by atoms with van der Waals surface area (Å²) in [4.78, 5) is 22.6. The fourth-order valence-corrected chi connectivity index (χ4v) is 5.05. The Morgan fingerprint density at radius 1 is 1.03 bits per heavy atom. The number of methoxy groups -OCH3 is 1. The van der Waals surface area contributed by atoms with E-state index in [1.54, 1.807) is 7.11 Å². The van der Waals surface area contributed by atoms with Crippen molar-refractivity contribution in [2.75, 3.05) is 51.4 Å². The van der Waals surface area contributed by atoms with Gasteiger partial charge in [-0.1, -0.05) is 53.8 Å². The summed E-state index contributed by atoms with van der Waals surface area (Å²) in [7, 11) is 1.64. The lowest BCUT2D eigenvalue weighted by Crippen LogP contribution is -2.43. The Morgan fingerprint density at radius 2 is 1.76 bits per heavy atom. The van der Waals surface area contributed by atoms with Crippen LogP contribution in [0.1, 0.15) is 10.4 Å². The first-order valence-electron chi connectivity index (χ1n) is 11.4. The smallest absolute Gasteiger partial charge is 0.260 e. The van der Waals surface area contributed by atoms with E-state index in [1.807, 2.05) is 65.6 Å². The van der Waals surface area contributed by atoms with Crippen LogP contribution in [0.2, 0.25) is 0 Å². The highest BCUT2D eigenvalue weighted by atomic mass is 32.1. The molecule has 34 heavy (non-hydrogen) atoms. The summed E-state index contributed by atoms with van der Waals surface area (Å²) in [6.45, 7) is 4.56. The van der Waals surface area contributed by atoms with Crippen LogP contribution in [-0.2, 0) is 4.74 Å². The number of hydrogen-bond acceptors (Lipinski definition) is 6. The number of amides is 1. The van der Waals surface area contributed by atoms with Crippen molar-refractivity contribution < 1.29 is 14.3 Å². The zero-order chi connectivity index (χ0) is 23.3. The standard InChI is InChI=1S/C27H27N3O3S/c1-32-23-11-12-25-24(19-23)28-27(34-25)30(14-13-29-15-17-33-18-16-29)26(31)22-9-7-21(8-10-22)20-5-3-2-4-6-20/h2-12,19H,13-18H2,1H3. The molecule has 1 saturated heterocycles. The van der Waals surface area contributed by atoms with Gasteiger partial charge in [0.25, 0.3) is 5.91 Å². The summed E-state index contributed by atoms with van der Waals surface area (Å²) >= 11 is 1.53. The minimum Gasteiger partial charge on any atom is -0.497 e. The van der Waals surface area contributed by atoms with Crippen molar-refractivity contribution in [1.29, 1.82) is 0 Å². The number of hydrogen-bond donors (Lipinski definition) is 0. The molecule has 7 heteroatoms. The number of aromatic nitrogens is 1. The third-order valence-corrected chi connectivity index (χ3v) is 7.10. The highest BCUT2D eigenvalue weighted by Crippen LogP contribution is 2.32. The van der Waals surface area contributed by atoms with E-state index in [0.717, 1.165) is 59.9 Å². The molecule has 3 aromatic carbocycles. The second-order valence-corrected chi connectivity index (χ2v) is 9.19. The molecule has 1 aliphatic heterocycles. The molecule has 2 heterocycles. The second-order valence-electron chi connectivity index (χ2n) is 8.18. The fourth-order valence-electron chi connectivity index (χ4n) is 4.08. The number of morpholine rings is 1. The molecule has 0 spiro atoms. The number of benzene rings is 3. The Labute approximate surface area is 203 Å². The average Bonchev–Trinajstić information content (AvgIpc) is 3.33. The van der Waals surface area contributed by atoms with Gasteiger partial charge in [-0.25, -0.2) is 4.98 Å². The van der Waals surface area contributed by atoms with Crippen LogP contribution in [-0.4, -0.2) is 62.3 Å². The number of carbonyl (C=O) groups excluding carboxylic acids is 1. The van der Waals surface area contributed by atoms with Crippen molar-refractivity contribution in [1.82, 2.24) is 9.88 Å². The molecule has 1 aromatic heterocycles. The van der Waals surface area contributed by atoms with Crippen LogP contribution in [0.25, 0.3) is 21.3 Å². The van der Waals surface area contributed by atoms with E-state index in [0.29, 0.717) is 17.2 Å². The zero-order valence-electron chi connectivity index (χ0n) is 19.1. The predicted molar refractivity (Wildman–Crippen MR) is 137 cm³/mol. The van der Waals surface area contributed by atoms with E-state index in [2.05, 4.69) is 17.0 Å². The third kappa shape index (κ3) is 4.97. The molecule has 6 nitrogen and oxygen atoms in total. The predicted octanol–water partition coefficient (Wildman–Crippen LogP) is 4.95. The quantitative estimate of drug-likeness (QED) is 0.380. The van der Waals surface area contributed by atoms with Gasteiger partial charge in [-0.2, -0.15) is 0 Å². The molecule has 1 aliphatic rings. The SMILES string of the molecule is COc1ccc2sc(N(CCN3CCOCC3)C(=O)c3ccc(-c4ccccc4)cc3)nc2c1. The molecule has 1 fully saturated rings. The number of rotatable bonds is 7. The van der Waals surface area contributed by atoms with E-state index in [1.165, 1.54) is 11.3 Å². The van der Waals surface area contributed by atoms with Crippen molar-refractivity contribution >= 4 is 32.6 Å². The van der Waals surface area contributed by atoms with Gasteiger partial charge in [0.05, 0.1) is 30.5 Å². The molecule has 174 valence electrons. The van der Waals surface area contributed by atoms with Crippen LogP contribution in [0, 0.1) is 0 Å². The minimum absolute atomic E-state index is 0.0427. The van der Waals surface area contributed by atoms with Gasteiger partial charge in [0.2, 0.25) is 0 Å². The van der Waals surface area contributed by atoms with Crippen molar-refractivity contribution in [3.63, 3.8) is 0 Å². The Morgan fingerprint density at radius 3 is 2.50 bits per heavy atom. The van der Waals surface area contributed by atoms with Crippen molar-refractivity contribution in [2.45, 2.75) is 0 Å². The summed E-state index contributed by atoms with van der Waals surface area (Å²) in [5.74, 6) is 0.714. The maximum absolute atomic E-state index is 13.7. The number of fused-ring (bicyclic) bond motifs is 1. The highest BCUT2D eigenvalue weighted by Gasteiger charge is 2.23. The topological polar surface area (TPSA) is 54.9 Å². The number of nitrogens with zero attached hydrogens (tertiary/aromatic N) is 3. The van der Waals surface area contributed by atoms with Gasteiger partial charge >= 0.3 is 0 Å². The molecule has 0 saturated carbocycles. The monoisotopic (exact) mass is 473 g/mol. The molecule has 1 amide bonds. The summed E-state index contributed by atoms with van der Waals surface area (Å²) in [6.07, 6.45) is 0. The maximum Gasteiger partial charge on any atom is 0.260 e. The van der Waals surface area contributed by atoms with Crippen molar-refractivity contribution in [3.05, 3.63) is 78.4 Å². The Hall–Kier alpha value is -3.26. The van der Waals surface area contributed by atoms with Gasteiger partial charge in [-0.15, -0.1) is 0 Å². The molecule has 5 rings (SSSR count). The van der Waals surface area contributed by atoms with E-state index in [-0.39, 0.29) is 5.91 Å². The molecule has 4 aromatic rings. The van der Waals surface area contributed by atoms with E-state index >= 15 is 0 Å². The molecular formula is C27H27N3O3S. The van der Waals surface area contributed by atoms with Gasteiger partial charge in [0.1, 0.15) is 5.75 Å². The maximum atomic E-state index is 13.7. The number of ether oxygens (including phenoxy) is 2. The Balaban J connectivity index is 1.42. The van der Waals surface area contributed by atoms with E-state index in [4.69, 9.17) is 14.5 Å². The van der Waals surface area contributed by atoms with E-state index in [9.17, 15) is 4.79 Å². The van der Waals surface area contributed by atoms with Gasteiger partial charge in [-0.05, 0) is 35.4 Å². The lowest BCUT2D eigenvalue weighted by molar-refractivity contribution is 0.0391. The number of carbonyl (C=O) groups is 1. The number of anilines is 1. The summed E-state index contributed by atoms with van der Waals surface area (Å²) in [6, 6.07) is 23.8. The molecule has 0 unspecified atom stereocenters. The molecule has 0 atom stereocenters. The Bertz CT molecular complexity index is 1250. The summed E-state index contributed by atoms with van der Waals surface area (Å²) in [5, 5.41) is 0.702. The van der Waals surface area contributed by atoms with E-state index < -0.39 is 0 Å². The first-order valence-corrected chi connectivity index (χ1v) is 12.2. The van der Waals surface area contributed by atoms with Gasteiger partial charge < -0.3 is 9.47 Å². The summed E-state index contributed by atoms with van der Waals surface area (Å²) in [5.41, 5.74) is 3.70. The molecule has 0 N–H and O–H groups in total. The van der Waals surface area contributed by atoms with Crippen LogP contribution >= 0.6 is 11.3 Å². The summed E-state index contributed by atoms with van der Waals surface area (Å²) < 4.78 is 11.8. The Kier molecular flexibility index (Phi) is 6.85. The fraction of sp³-hybridized carbons (Fsp3) is 0.259. The van der Waals surface area contributed by atoms with Crippen LogP contribution in [0.3, 0.4) is 0 Å². The first kappa shape index (κ1) is 22.5. The average molecular weight is 474 g/mol. The van der Waals surface area contributed by atoms with Gasteiger partial charge in [-0.3, -0.25) is 14.6 Å². The highest BCUT2D eigenvalue weighted by molar-refractivity contribution is 7.22. The van der Waals surface area contributed by atoms with Gasteiger partial charge in [0, 0.05) is 37.8 Å². The molecule has 0 bridgehead atoms. The number of thiazole rings is 1. The lowest BCUT2D eigenvalue weighted by Gasteiger charge is -2.29.